The van der Waals surface area contributed by atoms with Crippen LogP contribution in [0.3, 0.4) is 0 Å². The van der Waals surface area contributed by atoms with Gasteiger partial charge in [0.25, 0.3) is 5.91 Å². The van der Waals surface area contributed by atoms with Crippen LogP contribution in [-0.2, 0) is 11.3 Å². The average molecular weight is 508 g/mol. The predicted octanol–water partition coefficient (Wildman–Crippen LogP) is 4.30. The predicted molar refractivity (Wildman–Crippen MR) is 136 cm³/mol. The lowest BCUT2D eigenvalue weighted by atomic mass is 9.87. The fourth-order valence-electron chi connectivity index (χ4n) is 4.11. The van der Waals surface area contributed by atoms with Crippen LogP contribution in [0.25, 0.3) is 0 Å². The number of aldehydes is 1. The summed E-state index contributed by atoms with van der Waals surface area (Å²) in [5, 5.41) is 27.3. The summed E-state index contributed by atoms with van der Waals surface area (Å²) in [6, 6.07) is 15.1. The summed E-state index contributed by atoms with van der Waals surface area (Å²) in [6.45, 7) is 2.46. The molecule has 186 valence electrons. The smallest absolute Gasteiger partial charge is 0.276 e. The Balaban J connectivity index is 1.52. The molecule has 1 aromatic heterocycles. The molecule has 1 aliphatic heterocycles. The van der Waals surface area contributed by atoms with Crippen molar-refractivity contribution in [2.24, 2.45) is 11.0 Å². The van der Waals surface area contributed by atoms with Gasteiger partial charge in [-0.1, -0.05) is 30.7 Å². The zero-order valence-electron chi connectivity index (χ0n) is 19.9. The lowest BCUT2D eigenvalue weighted by molar-refractivity contribution is -0.113. The van der Waals surface area contributed by atoms with Crippen molar-refractivity contribution in [3.05, 3.63) is 76.6 Å². The van der Waals surface area contributed by atoms with Gasteiger partial charge < -0.3 is 20.0 Å². The average Bonchev–Trinajstić information content (AvgIpc) is 2.89. The molecule has 0 saturated heterocycles. The number of ether oxygens (including phenoxy) is 1. The number of aromatic hydroxyl groups is 1. The highest BCUT2D eigenvalue weighted by molar-refractivity contribution is 6.29. The molecule has 36 heavy (non-hydrogen) atoms. The number of phenols is 1. The Morgan fingerprint density at radius 1 is 1.19 bits per heavy atom. The van der Waals surface area contributed by atoms with Gasteiger partial charge in [0.1, 0.15) is 12.3 Å². The monoisotopic (exact) mass is 507 g/mol. The van der Waals surface area contributed by atoms with Crippen molar-refractivity contribution in [1.82, 2.24) is 15.2 Å². The first-order valence-electron chi connectivity index (χ1n) is 11.5. The highest BCUT2D eigenvalue weighted by Gasteiger charge is 2.31. The molecular formula is C26H26ClN5O4. The van der Waals surface area contributed by atoms with Crippen molar-refractivity contribution in [2.75, 3.05) is 12.4 Å². The Hall–Kier alpha value is -3.98. The molecule has 0 radical (unpaired) electrons. The summed E-state index contributed by atoms with van der Waals surface area (Å²) in [7, 11) is 1.50. The van der Waals surface area contributed by atoms with Crippen molar-refractivity contribution in [2.45, 2.75) is 32.4 Å². The zero-order chi connectivity index (χ0) is 25.7. The van der Waals surface area contributed by atoms with Gasteiger partial charge >= 0.3 is 0 Å². The molecule has 2 heterocycles. The number of benzene rings is 2. The number of hydrogen-bond acceptors (Lipinski definition) is 8. The number of anilines is 1. The lowest BCUT2D eigenvalue weighted by Gasteiger charge is -2.35. The van der Waals surface area contributed by atoms with Crippen LogP contribution in [0.15, 0.2) is 59.7 Å². The van der Waals surface area contributed by atoms with Crippen molar-refractivity contribution in [3.63, 3.8) is 0 Å². The maximum Gasteiger partial charge on any atom is 0.276 e. The van der Waals surface area contributed by atoms with E-state index in [9.17, 15) is 14.7 Å². The van der Waals surface area contributed by atoms with Crippen molar-refractivity contribution in [1.29, 1.82) is 0 Å². The van der Waals surface area contributed by atoms with Crippen molar-refractivity contribution < 1.29 is 19.4 Å². The Bertz CT molecular complexity index is 1260. The van der Waals surface area contributed by atoms with E-state index in [1.807, 2.05) is 18.2 Å². The van der Waals surface area contributed by atoms with Crippen LogP contribution in [0.2, 0.25) is 5.15 Å². The maximum absolute atomic E-state index is 12.4. The fourth-order valence-corrected chi connectivity index (χ4v) is 4.21. The number of amides is 1. The van der Waals surface area contributed by atoms with E-state index in [0.29, 0.717) is 24.4 Å². The number of nitrogens with zero attached hydrogens (tertiary/aromatic N) is 4. The van der Waals surface area contributed by atoms with Gasteiger partial charge in [-0.05, 0) is 60.9 Å². The number of hydrazone groups is 1. The number of carbonyl (C=O) groups excluding carboxylic acids is 2. The molecule has 2 aromatic carbocycles. The number of halogens is 1. The first-order chi connectivity index (χ1) is 17.4. The molecule has 3 aromatic rings. The SMILES string of the molecule is CCC1CC(C=O)N(Cc2ccc(NC(=O)c3ccc(Cl)nn3)cc2)N=C1c1ccc(OC)c(O)c1. The van der Waals surface area contributed by atoms with Crippen molar-refractivity contribution in [3.8, 4) is 11.5 Å². The molecule has 0 spiro atoms. The molecule has 9 nitrogen and oxygen atoms in total. The number of hydrogen-bond donors (Lipinski definition) is 2. The molecule has 0 fully saturated rings. The Morgan fingerprint density at radius 2 is 1.97 bits per heavy atom. The van der Waals surface area contributed by atoms with E-state index in [1.165, 1.54) is 19.2 Å². The normalized spacial score (nSPS) is 17.3. The van der Waals surface area contributed by atoms with Crippen LogP contribution in [-0.4, -0.2) is 51.4 Å². The second-order valence-electron chi connectivity index (χ2n) is 8.41. The van der Waals surface area contributed by atoms with Crippen molar-refractivity contribution >= 4 is 35.2 Å². The highest BCUT2D eigenvalue weighted by Crippen LogP contribution is 2.32. The number of rotatable bonds is 8. The topological polar surface area (TPSA) is 117 Å². The molecule has 2 N–H and O–H groups in total. The third-order valence-corrected chi connectivity index (χ3v) is 6.28. The molecule has 0 bridgehead atoms. The summed E-state index contributed by atoms with van der Waals surface area (Å²) in [5.41, 5.74) is 3.28. The molecule has 2 atom stereocenters. The van der Waals surface area contributed by atoms with E-state index >= 15 is 0 Å². The number of methoxy groups -OCH3 is 1. The molecule has 0 saturated carbocycles. The fraction of sp³-hybridized carbons (Fsp3) is 0.269. The second kappa shape index (κ2) is 11.2. The Kier molecular flexibility index (Phi) is 7.80. The molecule has 0 aliphatic carbocycles. The van der Waals surface area contributed by atoms with Gasteiger partial charge in [0.05, 0.1) is 19.4 Å². The maximum atomic E-state index is 12.4. The summed E-state index contributed by atoms with van der Waals surface area (Å²) in [6.07, 6.45) is 2.37. The van der Waals surface area contributed by atoms with Gasteiger partial charge in [-0.15, -0.1) is 10.2 Å². The summed E-state index contributed by atoms with van der Waals surface area (Å²) < 4.78 is 5.15. The van der Waals surface area contributed by atoms with Gasteiger partial charge in [-0.3, -0.25) is 9.80 Å². The van der Waals surface area contributed by atoms with Gasteiger partial charge in [-0.2, -0.15) is 5.10 Å². The van der Waals surface area contributed by atoms with E-state index in [-0.39, 0.29) is 28.6 Å². The summed E-state index contributed by atoms with van der Waals surface area (Å²) in [5.74, 6) is 0.115. The minimum Gasteiger partial charge on any atom is -0.504 e. The van der Waals surface area contributed by atoms with Gasteiger partial charge in [0, 0.05) is 17.2 Å². The van der Waals surface area contributed by atoms with Crippen LogP contribution in [0.4, 0.5) is 5.69 Å². The third-order valence-electron chi connectivity index (χ3n) is 6.08. The summed E-state index contributed by atoms with van der Waals surface area (Å²) >= 11 is 5.72. The van der Waals surface area contributed by atoms with Gasteiger partial charge in [-0.25, -0.2) is 0 Å². The van der Waals surface area contributed by atoms with E-state index in [1.54, 1.807) is 29.3 Å². The molecule has 1 aliphatic rings. The van der Waals surface area contributed by atoms with Crippen LogP contribution in [0.1, 0.15) is 41.4 Å². The second-order valence-corrected chi connectivity index (χ2v) is 8.79. The van der Waals surface area contributed by atoms with Gasteiger partial charge in [0.2, 0.25) is 0 Å². The number of aromatic nitrogens is 2. The standard InChI is InChI=1S/C26H26ClN5O4/c1-3-17-12-20(15-33)32(31-25(17)18-6-10-23(36-2)22(34)13-18)14-16-4-7-19(8-5-16)28-26(35)21-9-11-24(27)30-29-21/h4-11,13,15,17,20,34H,3,12,14H2,1-2H3,(H,28,35). The highest BCUT2D eigenvalue weighted by atomic mass is 35.5. The molecule has 2 unspecified atom stereocenters. The Morgan fingerprint density at radius 3 is 2.58 bits per heavy atom. The number of phenolic OH excluding ortho intramolecular Hbond substituents is 1. The zero-order valence-corrected chi connectivity index (χ0v) is 20.6. The van der Waals surface area contributed by atoms with E-state index in [4.69, 9.17) is 21.4 Å². The molecule has 1 amide bonds. The molecule has 4 rings (SSSR count). The third kappa shape index (κ3) is 5.63. The summed E-state index contributed by atoms with van der Waals surface area (Å²) in [4.78, 5) is 24.3. The first-order valence-corrected chi connectivity index (χ1v) is 11.9. The number of carbonyl (C=O) groups is 2. The molecule has 10 heteroatoms. The van der Waals surface area contributed by atoms with E-state index in [2.05, 4.69) is 22.4 Å². The minimum atomic E-state index is -0.397. The van der Waals surface area contributed by atoms with E-state index < -0.39 is 5.91 Å². The first kappa shape index (κ1) is 25.1. The number of nitrogens with one attached hydrogen (secondary N) is 1. The molecular weight excluding hydrogens is 482 g/mol. The van der Waals surface area contributed by atoms with Crippen LogP contribution >= 0.6 is 11.6 Å². The van der Waals surface area contributed by atoms with Gasteiger partial charge in [0.15, 0.2) is 22.3 Å². The largest absolute Gasteiger partial charge is 0.504 e. The Labute approximate surface area is 213 Å². The van der Waals surface area contributed by atoms with Crippen LogP contribution in [0, 0.1) is 5.92 Å². The van der Waals surface area contributed by atoms with Crippen LogP contribution in [0.5, 0.6) is 11.5 Å². The lowest BCUT2D eigenvalue weighted by Crippen LogP contribution is -2.41. The van der Waals surface area contributed by atoms with E-state index in [0.717, 1.165) is 29.5 Å². The minimum absolute atomic E-state index is 0.0406. The quantitative estimate of drug-likeness (QED) is 0.436. The van der Waals surface area contributed by atoms with Crippen LogP contribution < -0.4 is 10.1 Å².